The molecular weight excluding hydrogens is 753 g/mol. The van der Waals surface area contributed by atoms with Gasteiger partial charge in [0.05, 0.1) is 37.8 Å². The van der Waals surface area contributed by atoms with E-state index in [9.17, 15) is 10.2 Å². The summed E-state index contributed by atoms with van der Waals surface area (Å²) in [5, 5.41) is 43.9. The molecule has 60 heavy (non-hydrogen) atoms. The maximum atomic E-state index is 9.56. The van der Waals surface area contributed by atoms with Crippen molar-refractivity contribution in [3.63, 3.8) is 0 Å². The predicted molar refractivity (Wildman–Crippen MR) is 240 cm³/mol. The number of nitrogens with zero attached hydrogens (tertiary/aromatic N) is 6. The van der Waals surface area contributed by atoms with E-state index in [-0.39, 0.29) is 11.5 Å². The number of hydrogen-bond donors (Lipinski definition) is 4. The molecule has 0 radical (unpaired) electrons. The summed E-state index contributed by atoms with van der Waals surface area (Å²) in [7, 11) is 0. The van der Waals surface area contributed by atoms with Crippen LogP contribution < -0.4 is 10.6 Å². The van der Waals surface area contributed by atoms with Crippen molar-refractivity contribution < 1.29 is 19.7 Å². The number of aromatic hydroxyl groups is 2. The Morgan fingerprint density at radius 1 is 0.500 bits per heavy atom. The van der Waals surface area contributed by atoms with E-state index in [2.05, 4.69) is 53.0 Å². The van der Waals surface area contributed by atoms with Gasteiger partial charge in [-0.2, -0.15) is 0 Å². The first kappa shape index (κ1) is 43.7. The molecule has 0 spiro atoms. The van der Waals surface area contributed by atoms with Crippen LogP contribution in [0.2, 0.25) is 0 Å². The molecule has 6 aromatic rings. The van der Waals surface area contributed by atoms with E-state index in [0.717, 1.165) is 148 Å². The number of rotatable bonds is 14. The van der Waals surface area contributed by atoms with Crippen molar-refractivity contribution in [3.8, 4) is 34.0 Å². The third kappa shape index (κ3) is 13.6. The third-order valence-electron chi connectivity index (χ3n) is 10.2. The first-order valence-corrected chi connectivity index (χ1v) is 21.0. The maximum absolute atomic E-state index is 9.56. The van der Waals surface area contributed by atoms with Crippen LogP contribution in [-0.2, 0) is 22.3 Å². The van der Waals surface area contributed by atoms with Gasteiger partial charge in [0, 0.05) is 87.5 Å². The van der Waals surface area contributed by atoms with Crippen LogP contribution in [0.1, 0.15) is 36.1 Å². The monoisotopic (exact) mass is 810 g/mol. The van der Waals surface area contributed by atoms with Gasteiger partial charge >= 0.3 is 0 Å². The Morgan fingerprint density at radius 3 is 1.23 bits per heavy atom. The fourth-order valence-electron chi connectivity index (χ4n) is 6.91. The first-order valence-electron chi connectivity index (χ1n) is 21.0. The molecule has 0 saturated carbocycles. The lowest BCUT2D eigenvalue weighted by atomic mass is 10.0. The van der Waals surface area contributed by atoms with Gasteiger partial charge < -0.3 is 30.3 Å². The standard InChI is InChI=1S/2C23H26N4O2.C2H6/c2*28-21-8-6-18(7-9-21)16-20-17-22(19-4-2-1-3-5-19)25-26-23(20)24-10-11-27-12-14-29-15-13-27;1-2/h2*1-9,17,28H,10-16H2,(H,24,26);1-2H3. The molecule has 12 heteroatoms. The van der Waals surface area contributed by atoms with Gasteiger partial charge in [-0.25, -0.2) is 0 Å². The zero-order chi connectivity index (χ0) is 41.8. The molecule has 4 heterocycles. The Labute approximate surface area is 354 Å². The van der Waals surface area contributed by atoms with Crippen LogP contribution in [-0.4, -0.2) is 119 Å². The number of phenolic OH excluding ortho intramolecular Hbond substituents is 2. The average molecular weight is 811 g/mol. The molecule has 2 aromatic heterocycles. The topological polar surface area (TPSA) is 141 Å². The van der Waals surface area contributed by atoms with E-state index in [1.165, 1.54) is 0 Å². The van der Waals surface area contributed by atoms with E-state index >= 15 is 0 Å². The molecule has 8 rings (SSSR count). The van der Waals surface area contributed by atoms with Crippen molar-refractivity contribution in [3.05, 3.63) is 144 Å². The van der Waals surface area contributed by atoms with E-state index in [1.807, 2.05) is 98.8 Å². The summed E-state index contributed by atoms with van der Waals surface area (Å²) in [4.78, 5) is 4.78. The van der Waals surface area contributed by atoms with Gasteiger partial charge in [0.15, 0.2) is 11.6 Å². The Balaban J connectivity index is 0.000000193. The quantitative estimate of drug-likeness (QED) is 0.0872. The van der Waals surface area contributed by atoms with Crippen molar-refractivity contribution in [2.45, 2.75) is 26.7 Å². The second-order valence-corrected chi connectivity index (χ2v) is 14.4. The zero-order valence-corrected chi connectivity index (χ0v) is 34.8. The van der Waals surface area contributed by atoms with E-state index < -0.39 is 0 Å². The van der Waals surface area contributed by atoms with E-state index in [4.69, 9.17) is 9.47 Å². The highest BCUT2D eigenvalue weighted by atomic mass is 16.5. The number of ether oxygens (including phenoxy) is 2. The number of nitrogens with one attached hydrogen (secondary N) is 2. The van der Waals surface area contributed by atoms with Crippen LogP contribution in [0, 0.1) is 0 Å². The molecule has 4 aromatic carbocycles. The molecular formula is C48H58N8O4. The summed E-state index contributed by atoms with van der Waals surface area (Å²) in [6.45, 7) is 14.6. The molecule has 2 aliphatic rings. The molecule has 4 N–H and O–H groups in total. The smallest absolute Gasteiger partial charge is 0.152 e. The molecule has 314 valence electrons. The third-order valence-corrected chi connectivity index (χ3v) is 10.2. The van der Waals surface area contributed by atoms with Gasteiger partial charge in [0.2, 0.25) is 0 Å². The SMILES string of the molecule is CC.Oc1ccc(Cc2cc(-c3ccccc3)nnc2NCCN2CCOCC2)cc1.Oc1ccc(Cc2cc(-c3ccccc3)nnc2NCCN2CCOCC2)cc1. The summed E-state index contributed by atoms with van der Waals surface area (Å²) < 4.78 is 10.8. The van der Waals surface area contributed by atoms with Crippen LogP contribution >= 0.6 is 0 Å². The zero-order valence-electron chi connectivity index (χ0n) is 34.8. The van der Waals surface area contributed by atoms with Crippen molar-refractivity contribution >= 4 is 11.6 Å². The molecule has 2 saturated heterocycles. The van der Waals surface area contributed by atoms with E-state index in [1.54, 1.807) is 24.3 Å². The minimum Gasteiger partial charge on any atom is -0.508 e. The Bertz CT molecular complexity index is 1970. The van der Waals surface area contributed by atoms with Crippen molar-refractivity contribution in [2.24, 2.45) is 0 Å². The molecule has 2 fully saturated rings. The van der Waals surface area contributed by atoms with Crippen LogP contribution in [0.15, 0.2) is 121 Å². The molecule has 0 aliphatic carbocycles. The molecule has 0 bridgehead atoms. The maximum Gasteiger partial charge on any atom is 0.152 e. The Morgan fingerprint density at radius 2 is 0.867 bits per heavy atom. The number of hydrogen-bond acceptors (Lipinski definition) is 12. The minimum atomic E-state index is 0.274. The van der Waals surface area contributed by atoms with Crippen LogP contribution in [0.4, 0.5) is 11.6 Å². The second-order valence-electron chi connectivity index (χ2n) is 14.4. The normalized spacial score (nSPS) is 14.2. The molecule has 0 atom stereocenters. The van der Waals surface area contributed by atoms with Gasteiger partial charge in [0.1, 0.15) is 11.5 Å². The van der Waals surface area contributed by atoms with E-state index in [0.29, 0.717) is 0 Å². The van der Waals surface area contributed by atoms with Gasteiger partial charge in [-0.1, -0.05) is 98.8 Å². The van der Waals surface area contributed by atoms with Crippen molar-refractivity contribution in [2.75, 3.05) is 89.4 Å². The summed E-state index contributed by atoms with van der Waals surface area (Å²) in [6.07, 6.45) is 1.44. The van der Waals surface area contributed by atoms with Crippen LogP contribution in [0.3, 0.4) is 0 Å². The number of phenols is 2. The van der Waals surface area contributed by atoms with Crippen molar-refractivity contribution in [1.29, 1.82) is 0 Å². The summed E-state index contributed by atoms with van der Waals surface area (Å²) >= 11 is 0. The number of anilines is 2. The predicted octanol–water partition coefficient (Wildman–Crippen LogP) is 7.39. The minimum absolute atomic E-state index is 0.274. The molecule has 12 nitrogen and oxygen atoms in total. The van der Waals surface area contributed by atoms with Gasteiger partial charge in [-0.3, -0.25) is 9.80 Å². The highest BCUT2D eigenvalue weighted by Gasteiger charge is 2.15. The fraction of sp³-hybridized carbons (Fsp3) is 0.333. The van der Waals surface area contributed by atoms with Crippen LogP contribution in [0.5, 0.6) is 11.5 Å². The van der Waals surface area contributed by atoms with Gasteiger partial charge in [-0.05, 0) is 47.5 Å². The van der Waals surface area contributed by atoms with Crippen LogP contribution in [0.25, 0.3) is 22.5 Å². The highest BCUT2D eigenvalue weighted by Crippen LogP contribution is 2.25. The Kier molecular flexibility index (Phi) is 17.2. The molecule has 0 unspecified atom stereocenters. The first-order chi connectivity index (χ1) is 29.6. The summed E-state index contributed by atoms with van der Waals surface area (Å²) in [6, 6.07) is 39.0. The molecule has 2 aliphatic heterocycles. The second kappa shape index (κ2) is 23.6. The lowest BCUT2D eigenvalue weighted by molar-refractivity contribution is 0.0398. The largest absolute Gasteiger partial charge is 0.508 e. The summed E-state index contributed by atoms with van der Waals surface area (Å²) in [5.41, 5.74) is 8.23. The lowest BCUT2D eigenvalue weighted by Gasteiger charge is -2.26. The lowest BCUT2D eigenvalue weighted by Crippen LogP contribution is -2.39. The van der Waals surface area contributed by atoms with Crippen molar-refractivity contribution in [1.82, 2.24) is 30.2 Å². The number of morpholine rings is 2. The van der Waals surface area contributed by atoms with Gasteiger partial charge in [-0.15, -0.1) is 20.4 Å². The average Bonchev–Trinajstić information content (AvgIpc) is 3.31. The fourth-order valence-corrected chi connectivity index (χ4v) is 6.91. The highest BCUT2D eigenvalue weighted by molar-refractivity contribution is 5.63. The summed E-state index contributed by atoms with van der Waals surface area (Å²) in [5.74, 6) is 2.17. The Hall–Kier alpha value is -5.92. The van der Waals surface area contributed by atoms with Gasteiger partial charge in [0.25, 0.3) is 0 Å². The number of benzene rings is 4. The number of aromatic nitrogens is 4. The molecule has 0 amide bonds.